The highest BCUT2D eigenvalue weighted by molar-refractivity contribution is 5.97. The van der Waals surface area contributed by atoms with Crippen molar-refractivity contribution in [2.45, 2.75) is 38.8 Å². The summed E-state index contributed by atoms with van der Waals surface area (Å²) in [5.41, 5.74) is -0.219. The molecular formula is C16H22N2O5. The molecule has 7 heteroatoms. The zero-order chi connectivity index (χ0) is 17.4. The zero-order valence-corrected chi connectivity index (χ0v) is 13.5. The summed E-state index contributed by atoms with van der Waals surface area (Å²) in [6.45, 7) is 6.87. The number of aromatic nitrogens is 1. The Labute approximate surface area is 135 Å². The predicted molar refractivity (Wildman–Crippen MR) is 84.4 cm³/mol. The fraction of sp³-hybridized carbons (Fsp3) is 0.438. The Morgan fingerprint density at radius 2 is 2.17 bits per heavy atom. The van der Waals surface area contributed by atoms with Gasteiger partial charge in [0.25, 0.3) is 5.91 Å². The normalized spacial score (nSPS) is 12.8. The highest BCUT2D eigenvalue weighted by Gasteiger charge is 2.23. The van der Waals surface area contributed by atoms with Gasteiger partial charge in [0.2, 0.25) is 0 Å². The Hall–Kier alpha value is -2.57. The lowest BCUT2D eigenvalue weighted by Crippen LogP contribution is -2.41. The molecule has 0 saturated heterocycles. The van der Waals surface area contributed by atoms with Gasteiger partial charge in [-0.3, -0.25) is 4.79 Å². The first kappa shape index (κ1) is 18.5. The van der Waals surface area contributed by atoms with Crippen molar-refractivity contribution in [3.05, 3.63) is 30.6 Å². The van der Waals surface area contributed by atoms with E-state index in [9.17, 15) is 14.7 Å². The molecule has 1 heterocycles. The van der Waals surface area contributed by atoms with Crippen LogP contribution in [-0.4, -0.2) is 41.2 Å². The number of nitrogens with zero attached hydrogens (tertiary/aromatic N) is 1. The summed E-state index contributed by atoms with van der Waals surface area (Å²) in [7, 11) is 1.36. The van der Waals surface area contributed by atoms with Crippen molar-refractivity contribution in [3.8, 4) is 11.5 Å². The Balaban J connectivity index is 2.66. The quantitative estimate of drug-likeness (QED) is 0.559. The standard InChI is InChI=1S/C16H22N2O5/c1-5-6-7-10(2)23-16(21)11(3)18-15(20)13-14(19)12(22-4)8-9-17-13/h5,8-11,19H,1,6-7H2,2-4H3,(H,18,20)/t10-,11-/m0/s1. The number of nitrogens with one attached hydrogen (secondary N) is 1. The number of amides is 1. The highest BCUT2D eigenvalue weighted by Crippen LogP contribution is 2.27. The lowest BCUT2D eigenvalue weighted by molar-refractivity contribution is -0.150. The third-order valence-electron chi connectivity index (χ3n) is 3.12. The predicted octanol–water partition coefficient (Wildman–Crippen LogP) is 1.81. The molecule has 0 aliphatic heterocycles. The summed E-state index contributed by atoms with van der Waals surface area (Å²) in [6, 6.07) is 0.548. The number of allylic oxidation sites excluding steroid dienone is 1. The van der Waals surface area contributed by atoms with E-state index in [4.69, 9.17) is 9.47 Å². The Kier molecular flexibility index (Phi) is 7.05. The minimum absolute atomic E-state index is 0.124. The molecule has 1 aromatic rings. The molecule has 0 bridgehead atoms. The van der Waals surface area contributed by atoms with Crippen LogP contribution in [-0.2, 0) is 9.53 Å². The summed E-state index contributed by atoms with van der Waals surface area (Å²) in [4.78, 5) is 27.8. The van der Waals surface area contributed by atoms with Gasteiger partial charge in [-0.25, -0.2) is 9.78 Å². The molecule has 0 radical (unpaired) electrons. The SMILES string of the molecule is C=CCC[C@H](C)OC(=O)[C@H](C)NC(=O)c1nccc(OC)c1O. The third kappa shape index (κ3) is 5.28. The lowest BCUT2D eigenvalue weighted by Gasteiger charge is -2.17. The van der Waals surface area contributed by atoms with Crippen LogP contribution in [0.15, 0.2) is 24.9 Å². The van der Waals surface area contributed by atoms with E-state index in [1.54, 1.807) is 13.0 Å². The molecule has 0 fully saturated rings. The molecule has 0 unspecified atom stereocenters. The smallest absolute Gasteiger partial charge is 0.328 e. The number of pyridine rings is 1. The topological polar surface area (TPSA) is 97.8 Å². The Morgan fingerprint density at radius 1 is 1.48 bits per heavy atom. The molecule has 1 amide bonds. The molecule has 1 aromatic heterocycles. The molecule has 23 heavy (non-hydrogen) atoms. The van der Waals surface area contributed by atoms with Crippen LogP contribution < -0.4 is 10.1 Å². The number of methoxy groups -OCH3 is 1. The van der Waals surface area contributed by atoms with E-state index in [0.29, 0.717) is 6.42 Å². The maximum absolute atomic E-state index is 12.1. The largest absolute Gasteiger partial charge is 0.503 e. The van der Waals surface area contributed by atoms with Gasteiger partial charge in [-0.15, -0.1) is 6.58 Å². The van der Waals surface area contributed by atoms with Gasteiger partial charge in [0.05, 0.1) is 13.2 Å². The Morgan fingerprint density at radius 3 is 2.78 bits per heavy atom. The van der Waals surface area contributed by atoms with Crippen LogP contribution in [0.2, 0.25) is 0 Å². The summed E-state index contributed by atoms with van der Waals surface area (Å²) < 4.78 is 10.1. The van der Waals surface area contributed by atoms with Gasteiger partial charge in [-0.2, -0.15) is 0 Å². The fourth-order valence-electron chi connectivity index (χ4n) is 1.80. The number of carbonyl (C=O) groups excluding carboxylic acids is 2. The molecule has 2 atom stereocenters. The minimum atomic E-state index is -0.874. The van der Waals surface area contributed by atoms with Crippen LogP contribution >= 0.6 is 0 Å². The van der Waals surface area contributed by atoms with Crippen molar-refractivity contribution in [1.29, 1.82) is 0 Å². The van der Waals surface area contributed by atoms with E-state index in [-0.39, 0.29) is 23.3 Å². The number of hydrogen-bond acceptors (Lipinski definition) is 6. The summed E-state index contributed by atoms with van der Waals surface area (Å²) >= 11 is 0. The summed E-state index contributed by atoms with van der Waals surface area (Å²) in [5, 5.41) is 12.3. The summed E-state index contributed by atoms with van der Waals surface area (Å²) in [6.07, 6.45) is 4.19. The van der Waals surface area contributed by atoms with E-state index in [0.717, 1.165) is 6.42 Å². The first-order valence-corrected chi connectivity index (χ1v) is 7.24. The Bertz CT molecular complexity index is 574. The first-order valence-electron chi connectivity index (χ1n) is 7.24. The van der Waals surface area contributed by atoms with Crippen molar-refractivity contribution in [3.63, 3.8) is 0 Å². The molecule has 0 aliphatic carbocycles. The van der Waals surface area contributed by atoms with E-state index >= 15 is 0 Å². The average molecular weight is 322 g/mol. The van der Waals surface area contributed by atoms with E-state index < -0.39 is 17.9 Å². The maximum atomic E-state index is 12.1. The second-order valence-electron chi connectivity index (χ2n) is 5.02. The summed E-state index contributed by atoms with van der Waals surface area (Å²) in [5.74, 6) is -1.51. The van der Waals surface area contributed by atoms with Crippen LogP contribution in [0, 0.1) is 0 Å². The molecule has 1 rings (SSSR count). The highest BCUT2D eigenvalue weighted by atomic mass is 16.5. The van der Waals surface area contributed by atoms with Crippen molar-refractivity contribution < 1.29 is 24.2 Å². The molecule has 0 spiro atoms. The van der Waals surface area contributed by atoms with Gasteiger partial charge in [0.1, 0.15) is 6.04 Å². The van der Waals surface area contributed by atoms with Gasteiger partial charge >= 0.3 is 5.97 Å². The van der Waals surface area contributed by atoms with Crippen molar-refractivity contribution >= 4 is 11.9 Å². The molecule has 126 valence electrons. The van der Waals surface area contributed by atoms with E-state index in [1.165, 1.54) is 26.3 Å². The molecule has 7 nitrogen and oxygen atoms in total. The number of rotatable bonds is 8. The fourth-order valence-corrected chi connectivity index (χ4v) is 1.80. The van der Waals surface area contributed by atoms with Crippen molar-refractivity contribution in [1.82, 2.24) is 10.3 Å². The maximum Gasteiger partial charge on any atom is 0.328 e. The van der Waals surface area contributed by atoms with Gasteiger partial charge in [-0.1, -0.05) is 6.08 Å². The lowest BCUT2D eigenvalue weighted by atomic mass is 10.2. The van der Waals surface area contributed by atoms with E-state index in [2.05, 4.69) is 16.9 Å². The molecule has 0 aromatic carbocycles. The zero-order valence-electron chi connectivity index (χ0n) is 13.5. The molecular weight excluding hydrogens is 300 g/mol. The molecule has 0 aliphatic rings. The number of carbonyl (C=O) groups is 2. The number of ether oxygens (including phenoxy) is 2. The number of esters is 1. The van der Waals surface area contributed by atoms with Gasteiger partial charge < -0.3 is 19.9 Å². The average Bonchev–Trinajstić information content (AvgIpc) is 2.52. The molecule has 2 N–H and O–H groups in total. The molecule has 0 saturated carbocycles. The van der Waals surface area contributed by atoms with Crippen LogP contribution in [0.25, 0.3) is 0 Å². The van der Waals surface area contributed by atoms with Crippen molar-refractivity contribution in [2.24, 2.45) is 0 Å². The monoisotopic (exact) mass is 322 g/mol. The number of aromatic hydroxyl groups is 1. The van der Waals surface area contributed by atoms with Gasteiger partial charge in [-0.05, 0) is 26.7 Å². The minimum Gasteiger partial charge on any atom is -0.503 e. The van der Waals surface area contributed by atoms with Crippen LogP contribution in [0.1, 0.15) is 37.2 Å². The van der Waals surface area contributed by atoms with Crippen LogP contribution in [0.3, 0.4) is 0 Å². The van der Waals surface area contributed by atoms with Crippen LogP contribution in [0.4, 0.5) is 0 Å². The third-order valence-corrected chi connectivity index (χ3v) is 3.12. The number of hydrogen-bond donors (Lipinski definition) is 2. The van der Waals surface area contributed by atoms with Gasteiger partial charge in [0.15, 0.2) is 17.2 Å². The van der Waals surface area contributed by atoms with Crippen LogP contribution in [0.5, 0.6) is 11.5 Å². The first-order chi connectivity index (χ1) is 10.9. The second-order valence-corrected chi connectivity index (χ2v) is 5.02. The second kappa shape index (κ2) is 8.77. The van der Waals surface area contributed by atoms with Crippen molar-refractivity contribution in [2.75, 3.05) is 7.11 Å². The van der Waals surface area contributed by atoms with E-state index in [1.807, 2.05) is 0 Å². The van der Waals surface area contributed by atoms with Gasteiger partial charge in [0, 0.05) is 12.3 Å².